The van der Waals surface area contributed by atoms with E-state index in [1.54, 1.807) is 17.2 Å². The van der Waals surface area contributed by atoms with E-state index in [9.17, 15) is 14.7 Å². The summed E-state index contributed by atoms with van der Waals surface area (Å²) >= 11 is 1.43. The molecule has 0 bridgehead atoms. The average molecular weight is 416 g/mol. The Hall–Kier alpha value is -2.61. The van der Waals surface area contributed by atoms with Gasteiger partial charge >= 0.3 is 12.1 Å². The Morgan fingerprint density at radius 1 is 1.31 bits per heavy atom. The van der Waals surface area contributed by atoms with Crippen LogP contribution in [0.25, 0.3) is 0 Å². The van der Waals surface area contributed by atoms with E-state index in [1.165, 1.54) is 11.3 Å². The highest BCUT2D eigenvalue weighted by molar-refractivity contribution is 7.13. The van der Waals surface area contributed by atoms with Crippen LogP contribution in [0, 0.1) is 5.92 Å². The zero-order chi connectivity index (χ0) is 20.5. The van der Waals surface area contributed by atoms with Crippen molar-refractivity contribution in [2.45, 2.75) is 45.2 Å². The summed E-state index contributed by atoms with van der Waals surface area (Å²) in [6.07, 6.45) is 1.95. The van der Waals surface area contributed by atoms with Crippen LogP contribution in [0.3, 0.4) is 0 Å². The van der Waals surface area contributed by atoms with Crippen molar-refractivity contribution in [1.82, 2.24) is 4.98 Å². The van der Waals surface area contributed by atoms with Gasteiger partial charge in [0.05, 0.1) is 18.3 Å². The van der Waals surface area contributed by atoms with E-state index in [2.05, 4.69) is 16.8 Å². The molecule has 2 aromatic rings. The van der Waals surface area contributed by atoms with Crippen molar-refractivity contribution in [3.8, 4) is 0 Å². The van der Waals surface area contributed by atoms with Gasteiger partial charge in [-0.3, -0.25) is 4.90 Å². The van der Waals surface area contributed by atoms with Gasteiger partial charge in [-0.2, -0.15) is 0 Å². The first-order valence-electron chi connectivity index (χ1n) is 10.1. The summed E-state index contributed by atoms with van der Waals surface area (Å²) < 4.78 is 5.08. The summed E-state index contributed by atoms with van der Waals surface area (Å²) in [5.41, 5.74) is 2.09. The topological polar surface area (TPSA) is 83.0 Å². The maximum atomic E-state index is 12.1. The van der Waals surface area contributed by atoms with E-state index in [0.717, 1.165) is 35.6 Å². The third-order valence-corrected chi connectivity index (χ3v) is 6.77. The third kappa shape index (κ3) is 3.35. The molecule has 1 N–H and O–H groups in total. The first kappa shape index (κ1) is 19.7. The number of carboxylic acid groups (broad SMARTS) is 1. The van der Waals surface area contributed by atoms with Gasteiger partial charge in [0.1, 0.15) is 0 Å². The summed E-state index contributed by atoms with van der Waals surface area (Å²) in [4.78, 5) is 32.5. The Kier molecular flexibility index (Phi) is 5.45. The normalized spacial score (nSPS) is 22.7. The summed E-state index contributed by atoms with van der Waals surface area (Å²) in [6.45, 7) is 4.87. The van der Waals surface area contributed by atoms with Crippen molar-refractivity contribution in [3.05, 3.63) is 40.9 Å². The van der Waals surface area contributed by atoms with Gasteiger partial charge in [-0.05, 0) is 38.3 Å². The van der Waals surface area contributed by atoms with E-state index in [1.807, 2.05) is 24.3 Å². The Balaban J connectivity index is 1.76. The molecule has 29 heavy (non-hydrogen) atoms. The standard InChI is InChI=1S/C21H25N3O4S/c1-3-23(20-22-15(12-29-20)19(25)28-4-2)18-13-8-5-6-10-16(13)24(21(26)27)17-11-7-9-14(17)18/h5-6,8,10,12,14,17-18H,3-4,7,9,11H2,1-2H3,(H,26,27)/t14-,17+,18-/m0/s1. The van der Waals surface area contributed by atoms with E-state index in [0.29, 0.717) is 18.8 Å². The van der Waals surface area contributed by atoms with Crippen LogP contribution in [0.4, 0.5) is 15.6 Å². The van der Waals surface area contributed by atoms with Crippen LogP contribution in [0.15, 0.2) is 29.6 Å². The van der Waals surface area contributed by atoms with Crippen molar-refractivity contribution in [2.24, 2.45) is 5.92 Å². The lowest BCUT2D eigenvalue weighted by Crippen LogP contribution is -2.51. The van der Waals surface area contributed by atoms with Gasteiger partial charge in [0.25, 0.3) is 0 Å². The molecule has 1 aliphatic carbocycles. The minimum Gasteiger partial charge on any atom is -0.465 e. The fourth-order valence-corrected chi connectivity index (χ4v) is 5.71. The van der Waals surface area contributed by atoms with Crippen molar-refractivity contribution in [2.75, 3.05) is 23.0 Å². The molecule has 1 aromatic carbocycles. The molecule has 0 saturated heterocycles. The van der Waals surface area contributed by atoms with Crippen molar-refractivity contribution in [3.63, 3.8) is 0 Å². The zero-order valence-electron chi connectivity index (χ0n) is 16.6. The largest absolute Gasteiger partial charge is 0.465 e. The quantitative estimate of drug-likeness (QED) is 0.721. The highest BCUT2D eigenvalue weighted by atomic mass is 32.1. The molecule has 7 nitrogen and oxygen atoms in total. The number of fused-ring (bicyclic) bond motifs is 2. The molecule has 154 valence electrons. The number of carbonyl (C=O) groups is 2. The number of nitrogens with zero attached hydrogens (tertiary/aromatic N) is 3. The molecule has 1 amide bonds. The molecule has 3 atom stereocenters. The second-order valence-electron chi connectivity index (χ2n) is 7.34. The summed E-state index contributed by atoms with van der Waals surface area (Å²) in [7, 11) is 0. The number of aromatic nitrogens is 1. The van der Waals surface area contributed by atoms with Crippen LogP contribution >= 0.6 is 11.3 Å². The van der Waals surface area contributed by atoms with Crippen molar-refractivity contribution in [1.29, 1.82) is 0 Å². The number of rotatable bonds is 5. The molecule has 2 heterocycles. The number of hydrogen-bond acceptors (Lipinski definition) is 6. The maximum Gasteiger partial charge on any atom is 0.412 e. The van der Waals surface area contributed by atoms with Gasteiger partial charge in [-0.15, -0.1) is 11.3 Å². The number of ether oxygens (including phenoxy) is 1. The highest BCUT2D eigenvalue weighted by Crippen LogP contribution is 2.51. The van der Waals surface area contributed by atoms with Crippen molar-refractivity contribution >= 4 is 34.2 Å². The Labute approximate surface area is 173 Å². The average Bonchev–Trinajstić information content (AvgIpc) is 3.37. The Bertz CT molecular complexity index is 915. The molecule has 0 radical (unpaired) electrons. The maximum absolute atomic E-state index is 12.1. The number of hydrogen-bond donors (Lipinski definition) is 1. The number of thiazole rings is 1. The second kappa shape index (κ2) is 8.02. The molecule has 4 rings (SSSR count). The van der Waals surface area contributed by atoms with Crippen LogP contribution < -0.4 is 9.80 Å². The van der Waals surface area contributed by atoms with Gasteiger partial charge in [0.15, 0.2) is 10.8 Å². The molecule has 1 fully saturated rings. The highest BCUT2D eigenvalue weighted by Gasteiger charge is 2.48. The Morgan fingerprint density at radius 2 is 2.10 bits per heavy atom. The van der Waals surface area contributed by atoms with Crippen LogP contribution in [-0.4, -0.2) is 41.3 Å². The molecule has 1 aliphatic heterocycles. The summed E-state index contributed by atoms with van der Waals surface area (Å²) in [5, 5.41) is 12.4. The number of esters is 1. The molecule has 0 spiro atoms. The van der Waals surface area contributed by atoms with Gasteiger partial charge in [-0.25, -0.2) is 14.6 Å². The van der Waals surface area contributed by atoms with Gasteiger partial charge in [0.2, 0.25) is 0 Å². The fourth-order valence-electron chi connectivity index (χ4n) is 4.81. The lowest BCUT2D eigenvalue weighted by molar-refractivity contribution is 0.0520. The molecule has 1 saturated carbocycles. The van der Waals surface area contributed by atoms with E-state index < -0.39 is 12.1 Å². The number of anilines is 2. The molecular weight excluding hydrogens is 390 g/mol. The summed E-state index contributed by atoms with van der Waals surface area (Å²) in [6, 6.07) is 7.75. The molecule has 8 heteroatoms. The lowest BCUT2D eigenvalue weighted by Gasteiger charge is -2.46. The SMILES string of the molecule is CCOC(=O)c1csc(N(CC)[C@H]2c3ccccc3N(C(=O)O)[C@@H]3CCC[C@@H]32)n1. The molecule has 2 aliphatic rings. The molecule has 1 aromatic heterocycles. The third-order valence-electron chi connectivity index (χ3n) is 5.89. The molecular formula is C21H25N3O4S. The minimum absolute atomic E-state index is 0.0282. The molecule has 0 unspecified atom stereocenters. The number of benzene rings is 1. The number of para-hydroxylation sites is 1. The van der Waals surface area contributed by atoms with Crippen LogP contribution in [0.5, 0.6) is 0 Å². The summed E-state index contributed by atoms with van der Waals surface area (Å²) in [5.74, 6) is -0.221. The van der Waals surface area contributed by atoms with Crippen LogP contribution in [0.1, 0.15) is 55.2 Å². The van der Waals surface area contributed by atoms with E-state index in [4.69, 9.17) is 4.74 Å². The van der Waals surface area contributed by atoms with Gasteiger partial charge in [0, 0.05) is 23.9 Å². The van der Waals surface area contributed by atoms with Crippen molar-refractivity contribution < 1.29 is 19.4 Å². The first-order valence-corrected chi connectivity index (χ1v) is 10.9. The smallest absolute Gasteiger partial charge is 0.412 e. The lowest BCUT2D eigenvalue weighted by atomic mass is 9.82. The monoisotopic (exact) mass is 415 g/mol. The van der Waals surface area contributed by atoms with Crippen LogP contribution in [0.2, 0.25) is 0 Å². The first-order chi connectivity index (χ1) is 14.1. The number of amides is 1. The fraction of sp³-hybridized carbons (Fsp3) is 0.476. The zero-order valence-corrected chi connectivity index (χ0v) is 17.4. The van der Waals surface area contributed by atoms with E-state index in [-0.39, 0.29) is 18.0 Å². The number of carbonyl (C=O) groups excluding carboxylic acids is 1. The second-order valence-corrected chi connectivity index (χ2v) is 8.18. The van der Waals surface area contributed by atoms with E-state index >= 15 is 0 Å². The minimum atomic E-state index is -0.894. The predicted octanol–water partition coefficient (Wildman–Crippen LogP) is 4.55. The Morgan fingerprint density at radius 3 is 2.83 bits per heavy atom. The van der Waals surface area contributed by atoms with Gasteiger partial charge < -0.3 is 14.7 Å². The predicted molar refractivity (Wildman–Crippen MR) is 112 cm³/mol. The van der Waals surface area contributed by atoms with Crippen LogP contribution in [-0.2, 0) is 4.74 Å². The van der Waals surface area contributed by atoms with Gasteiger partial charge in [-0.1, -0.05) is 24.6 Å².